The van der Waals surface area contributed by atoms with Crippen LogP contribution in [0.15, 0.2) is 34.1 Å². The number of carbonyl (C=O) groups is 1. The highest BCUT2D eigenvalue weighted by Crippen LogP contribution is 2.32. The average molecular weight is 435 g/mol. The lowest BCUT2D eigenvalue weighted by atomic mass is 10.2. The second kappa shape index (κ2) is 9.97. The largest absolute Gasteiger partial charge is 0.385 e. The fourth-order valence-corrected chi connectivity index (χ4v) is 4.09. The number of anilines is 1. The van der Waals surface area contributed by atoms with Crippen LogP contribution in [-0.2, 0) is 14.3 Å². The third-order valence-electron chi connectivity index (χ3n) is 4.25. The van der Waals surface area contributed by atoms with Crippen molar-refractivity contribution in [3.8, 4) is 0 Å². The second-order valence-corrected chi connectivity index (χ2v) is 7.88. The van der Waals surface area contributed by atoms with E-state index in [1.54, 1.807) is 38.6 Å². The molecule has 3 rings (SSSR count). The Kier molecular flexibility index (Phi) is 7.37. The molecule has 1 saturated heterocycles. The number of rotatable bonds is 9. The predicted octanol–water partition coefficient (Wildman–Crippen LogP) is 1.99. The van der Waals surface area contributed by atoms with E-state index in [1.165, 1.54) is 21.1 Å². The molecule has 1 fully saturated rings. The van der Waals surface area contributed by atoms with Crippen molar-refractivity contribution in [3.05, 3.63) is 45.2 Å². The van der Waals surface area contributed by atoms with Crippen molar-refractivity contribution in [1.29, 1.82) is 0 Å². The van der Waals surface area contributed by atoms with Gasteiger partial charge in [-0.2, -0.15) is 0 Å². The molecule has 2 aromatic heterocycles. The molecule has 1 aliphatic heterocycles. The molecule has 2 aromatic rings. The Morgan fingerprint density at radius 3 is 2.79 bits per heavy atom. The van der Waals surface area contributed by atoms with Crippen molar-refractivity contribution in [1.82, 2.24) is 14.3 Å². The van der Waals surface area contributed by atoms with E-state index in [0.717, 1.165) is 6.42 Å². The zero-order valence-electron chi connectivity index (χ0n) is 16.2. The van der Waals surface area contributed by atoms with Gasteiger partial charge in [0, 0.05) is 33.6 Å². The number of thioether (sulfide) groups is 1. The summed E-state index contributed by atoms with van der Waals surface area (Å²) in [7, 11) is 3.20. The molecule has 8 nitrogen and oxygen atoms in total. The Bertz CT molecular complexity index is 1010. The summed E-state index contributed by atoms with van der Waals surface area (Å²) in [5, 5.41) is 3.19. The summed E-state index contributed by atoms with van der Waals surface area (Å²) in [5.41, 5.74) is 0.585. The monoisotopic (exact) mass is 434 g/mol. The van der Waals surface area contributed by atoms with E-state index in [1.807, 2.05) is 6.07 Å². The molecule has 154 valence electrons. The van der Waals surface area contributed by atoms with E-state index in [9.17, 15) is 9.59 Å². The number of nitrogens with one attached hydrogen (secondary N) is 1. The molecule has 0 radical (unpaired) electrons. The second-order valence-electron chi connectivity index (χ2n) is 6.21. The van der Waals surface area contributed by atoms with Crippen molar-refractivity contribution in [2.24, 2.45) is 0 Å². The summed E-state index contributed by atoms with van der Waals surface area (Å²) in [5.74, 6) is 0.194. The van der Waals surface area contributed by atoms with E-state index < -0.39 is 0 Å². The normalized spacial score (nSPS) is 15.7. The minimum atomic E-state index is -0.257. The van der Waals surface area contributed by atoms with Gasteiger partial charge in [0.15, 0.2) is 0 Å². The summed E-state index contributed by atoms with van der Waals surface area (Å²) >= 11 is 6.48. The first-order valence-corrected chi connectivity index (χ1v) is 10.3. The van der Waals surface area contributed by atoms with Crippen LogP contribution in [0.3, 0.4) is 0 Å². The van der Waals surface area contributed by atoms with Crippen molar-refractivity contribution >= 4 is 51.7 Å². The van der Waals surface area contributed by atoms with Gasteiger partial charge in [0.25, 0.3) is 11.5 Å². The molecule has 0 atom stereocenters. The van der Waals surface area contributed by atoms with Crippen LogP contribution in [0.1, 0.15) is 12.0 Å². The van der Waals surface area contributed by atoms with E-state index >= 15 is 0 Å². The summed E-state index contributed by atoms with van der Waals surface area (Å²) in [6.07, 6.45) is 3.98. The minimum Gasteiger partial charge on any atom is -0.385 e. The number of hydrogen-bond acceptors (Lipinski definition) is 8. The fourth-order valence-electron chi connectivity index (χ4n) is 2.80. The smallest absolute Gasteiger partial charge is 0.267 e. The van der Waals surface area contributed by atoms with Gasteiger partial charge < -0.3 is 14.8 Å². The van der Waals surface area contributed by atoms with Gasteiger partial charge in [0.1, 0.15) is 15.8 Å². The molecule has 29 heavy (non-hydrogen) atoms. The number of ether oxygens (including phenoxy) is 2. The number of methoxy groups -OCH3 is 2. The molecule has 0 aliphatic carbocycles. The van der Waals surface area contributed by atoms with Crippen molar-refractivity contribution < 1.29 is 14.3 Å². The molecule has 3 heterocycles. The minimum absolute atomic E-state index is 0.236. The van der Waals surface area contributed by atoms with Crippen LogP contribution in [0.5, 0.6) is 0 Å². The average Bonchev–Trinajstić information content (AvgIpc) is 2.99. The molecular weight excluding hydrogens is 412 g/mol. The van der Waals surface area contributed by atoms with Crippen LogP contribution in [0.4, 0.5) is 5.82 Å². The molecule has 0 bridgehead atoms. The van der Waals surface area contributed by atoms with Gasteiger partial charge in [-0.15, -0.1) is 0 Å². The Morgan fingerprint density at radius 2 is 2.03 bits per heavy atom. The number of hydrogen-bond donors (Lipinski definition) is 1. The Morgan fingerprint density at radius 1 is 1.24 bits per heavy atom. The number of pyridine rings is 1. The van der Waals surface area contributed by atoms with Crippen molar-refractivity contribution in [2.45, 2.75) is 6.42 Å². The van der Waals surface area contributed by atoms with E-state index in [-0.39, 0.29) is 11.5 Å². The summed E-state index contributed by atoms with van der Waals surface area (Å²) < 4.78 is 12.0. The zero-order valence-corrected chi connectivity index (χ0v) is 17.8. The van der Waals surface area contributed by atoms with Gasteiger partial charge in [0.05, 0.1) is 23.6 Å². The van der Waals surface area contributed by atoms with Gasteiger partial charge >= 0.3 is 0 Å². The highest BCUT2D eigenvalue weighted by Gasteiger charge is 2.32. The van der Waals surface area contributed by atoms with Crippen LogP contribution < -0.4 is 10.9 Å². The third kappa shape index (κ3) is 4.84. The molecule has 0 unspecified atom stereocenters. The number of carbonyl (C=O) groups excluding carboxylic acids is 1. The van der Waals surface area contributed by atoms with E-state index in [2.05, 4.69) is 10.3 Å². The van der Waals surface area contributed by atoms with Gasteiger partial charge in [0.2, 0.25) is 0 Å². The Balaban J connectivity index is 1.99. The SMILES string of the molecule is COCCCNc1nc2ccccn2c(=O)c1C=C1SC(=S)N(CCOC)C1=O. The lowest BCUT2D eigenvalue weighted by Gasteiger charge is -2.13. The first kappa shape index (κ1) is 21.4. The third-order valence-corrected chi connectivity index (χ3v) is 5.63. The standard InChI is InChI=1S/C19H22N4O4S2/c1-26-10-5-7-20-16-13(17(24)22-8-4-3-6-15(22)21-16)12-14-18(25)23(9-11-27-2)19(28)29-14/h3-4,6,8,12,20H,5,7,9-11H2,1-2H3. The van der Waals surface area contributed by atoms with Gasteiger partial charge in [-0.05, 0) is 24.6 Å². The van der Waals surface area contributed by atoms with Gasteiger partial charge in [-0.3, -0.25) is 18.9 Å². The highest BCUT2D eigenvalue weighted by molar-refractivity contribution is 8.26. The molecule has 0 saturated carbocycles. The van der Waals surface area contributed by atoms with Gasteiger partial charge in [-0.25, -0.2) is 4.98 Å². The van der Waals surface area contributed by atoms with Crippen LogP contribution in [0, 0.1) is 0 Å². The summed E-state index contributed by atoms with van der Waals surface area (Å²) in [6, 6.07) is 5.34. The Labute approximate surface area is 177 Å². The number of aromatic nitrogens is 2. The van der Waals surface area contributed by atoms with Crippen LogP contribution in [0.2, 0.25) is 0 Å². The highest BCUT2D eigenvalue weighted by atomic mass is 32.2. The molecule has 1 N–H and O–H groups in total. The zero-order chi connectivity index (χ0) is 20.8. The molecular formula is C19H22N4O4S2. The first-order chi connectivity index (χ1) is 14.1. The number of nitrogens with zero attached hydrogens (tertiary/aromatic N) is 3. The van der Waals surface area contributed by atoms with Crippen LogP contribution in [0.25, 0.3) is 11.7 Å². The van der Waals surface area contributed by atoms with Crippen molar-refractivity contribution in [2.75, 3.05) is 45.8 Å². The molecule has 0 aromatic carbocycles. The Hall–Kier alpha value is -2.27. The summed E-state index contributed by atoms with van der Waals surface area (Å²) in [4.78, 5) is 32.3. The quantitative estimate of drug-likeness (QED) is 0.364. The number of fused-ring (bicyclic) bond motifs is 1. The lowest BCUT2D eigenvalue weighted by Crippen LogP contribution is -2.31. The van der Waals surface area contributed by atoms with Crippen LogP contribution >= 0.6 is 24.0 Å². The topological polar surface area (TPSA) is 85.2 Å². The molecule has 1 aliphatic rings. The van der Waals surface area contributed by atoms with E-state index in [4.69, 9.17) is 21.7 Å². The van der Waals surface area contributed by atoms with Gasteiger partial charge in [-0.1, -0.05) is 30.0 Å². The number of amides is 1. The molecule has 10 heteroatoms. The molecule has 0 spiro atoms. The maximum absolute atomic E-state index is 13.1. The first-order valence-electron chi connectivity index (χ1n) is 9.05. The van der Waals surface area contributed by atoms with Crippen molar-refractivity contribution in [3.63, 3.8) is 0 Å². The summed E-state index contributed by atoms with van der Waals surface area (Å²) in [6.45, 7) is 1.92. The van der Waals surface area contributed by atoms with Crippen LogP contribution in [-0.4, -0.2) is 65.0 Å². The predicted molar refractivity (Wildman–Crippen MR) is 118 cm³/mol. The number of thiocarbonyl (C=S) groups is 1. The maximum atomic E-state index is 13.1. The lowest BCUT2D eigenvalue weighted by molar-refractivity contribution is -0.122. The fraction of sp³-hybridized carbons (Fsp3) is 0.368. The maximum Gasteiger partial charge on any atom is 0.267 e. The van der Waals surface area contributed by atoms with E-state index in [0.29, 0.717) is 52.6 Å². The molecule has 1 amide bonds.